The van der Waals surface area contributed by atoms with Crippen molar-refractivity contribution in [2.45, 2.75) is 18.2 Å². The lowest BCUT2D eigenvalue weighted by molar-refractivity contribution is 0.179. The Morgan fingerprint density at radius 3 is 2.52 bits per heavy atom. The van der Waals surface area contributed by atoms with Crippen molar-refractivity contribution in [1.29, 1.82) is 5.26 Å². The van der Waals surface area contributed by atoms with Crippen LogP contribution in [-0.4, -0.2) is 46.6 Å². The monoisotopic (exact) mass is 312 g/mol. The smallest absolute Gasteiger partial charge is 0.243 e. The van der Waals surface area contributed by atoms with Crippen molar-refractivity contribution >= 4 is 10.0 Å². The highest BCUT2D eigenvalue weighted by Gasteiger charge is 2.25. The minimum Gasteiger partial charge on any atom is -0.497 e. The normalized spacial score (nSPS) is 11.4. The number of hydrogen-bond acceptors (Lipinski definition) is 5. The van der Waals surface area contributed by atoms with Gasteiger partial charge in [-0.1, -0.05) is 0 Å². The third kappa shape index (κ3) is 4.43. The topological polar surface area (TPSA) is 79.6 Å². The van der Waals surface area contributed by atoms with E-state index in [2.05, 4.69) is 0 Å². The van der Waals surface area contributed by atoms with Gasteiger partial charge in [-0.3, -0.25) is 0 Å². The van der Waals surface area contributed by atoms with E-state index in [0.29, 0.717) is 11.3 Å². The van der Waals surface area contributed by atoms with Crippen LogP contribution in [0.4, 0.5) is 0 Å². The summed E-state index contributed by atoms with van der Waals surface area (Å²) < 4.78 is 36.7. The summed E-state index contributed by atoms with van der Waals surface area (Å²) in [6, 6.07) is 6.77. The Bertz CT molecular complexity index is 608. The van der Waals surface area contributed by atoms with Crippen molar-refractivity contribution in [2.75, 3.05) is 33.9 Å². The lowest BCUT2D eigenvalue weighted by Crippen LogP contribution is -2.35. The van der Waals surface area contributed by atoms with Crippen molar-refractivity contribution in [3.63, 3.8) is 0 Å². The molecule has 0 saturated heterocycles. The van der Waals surface area contributed by atoms with E-state index in [1.165, 1.54) is 24.6 Å². The second kappa shape index (κ2) is 7.98. The van der Waals surface area contributed by atoms with Crippen molar-refractivity contribution in [2.24, 2.45) is 0 Å². The van der Waals surface area contributed by atoms with Crippen molar-refractivity contribution in [3.05, 3.63) is 23.8 Å². The van der Waals surface area contributed by atoms with Crippen LogP contribution in [-0.2, 0) is 14.8 Å². The molecule has 0 N–H and O–H groups in total. The molecule has 0 radical (unpaired) electrons. The van der Waals surface area contributed by atoms with Gasteiger partial charge in [0.25, 0.3) is 0 Å². The first-order chi connectivity index (χ1) is 9.97. The number of nitriles is 1. The molecular weight excluding hydrogens is 292 g/mol. The molecule has 0 aromatic heterocycles. The fourth-order valence-electron chi connectivity index (χ4n) is 1.90. The third-order valence-electron chi connectivity index (χ3n) is 3.02. The molecule has 0 atom stereocenters. The van der Waals surface area contributed by atoms with E-state index in [1.807, 2.05) is 6.07 Å². The molecule has 7 heteroatoms. The molecule has 0 aliphatic rings. The van der Waals surface area contributed by atoms with E-state index in [1.54, 1.807) is 19.1 Å². The molecule has 0 fully saturated rings. The SMILES string of the molecule is COCCN(CCC#N)S(=O)(=O)c1ccc(OC)cc1C. The van der Waals surface area contributed by atoms with E-state index < -0.39 is 10.0 Å². The van der Waals surface area contributed by atoms with Gasteiger partial charge in [0.05, 0.1) is 24.7 Å². The molecule has 116 valence electrons. The number of aryl methyl sites for hydroxylation is 1. The van der Waals surface area contributed by atoms with Crippen LogP contribution in [0, 0.1) is 18.3 Å². The zero-order chi connectivity index (χ0) is 15.9. The first-order valence-corrected chi connectivity index (χ1v) is 7.92. The number of benzene rings is 1. The minimum atomic E-state index is -3.65. The second-order valence-corrected chi connectivity index (χ2v) is 6.34. The van der Waals surface area contributed by atoms with Crippen molar-refractivity contribution in [1.82, 2.24) is 4.31 Å². The standard InChI is InChI=1S/C14H20N2O4S/c1-12-11-13(20-3)5-6-14(12)21(17,18)16(8-4-7-15)9-10-19-2/h5-6,11H,4,8-10H2,1-3H3. The zero-order valence-electron chi connectivity index (χ0n) is 12.5. The Morgan fingerprint density at radius 1 is 1.29 bits per heavy atom. The molecule has 1 rings (SSSR count). The van der Waals surface area contributed by atoms with Crippen molar-refractivity contribution < 1.29 is 17.9 Å². The number of hydrogen-bond donors (Lipinski definition) is 0. The Hall–Kier alpha value is -1.62. The summed E-state index contributed by atoms with van der Waals surface area (Å²) in [4.78, 5) is 0.220. The van der Waals surface area contributed by atoms with Gasteiger partial charge in [-0.15, -0.1) is 0 Å². The van der Waals surface area contributed by atoms with Gasteiger partial charge < -0.3 is 9.47 Å². The summed E-state index contributed by atoms with van der Waals surface area (Å²) in [6.07, 6.45) is 0.137. The molecular formula is C14H20N2O4S. The summed E-state index contributed by atoms with van der Waals surface area (Å²) in [5.41, 5.74) is 0.605. The van der Waals surface area contributed by atoms with Gasteiger partial charge in [-0.05, 0) is 30.7 Å². The van der Waals surface area contributed by atoms with Gasteiger partial charge >= 0.3 is 0 Å². The maximum atomic E-state index is 12.7. The number of rotatable bonds is 8. The quantitative estimate of drug-likeness (QED) is 0.727. The summed E-state index contributed by atoms with van der Waals surface area (Å²) >= 11 is 0. The minimum absolute atomic E-state index is 0.137. The summed E-state index contributed by atoms with van der Waals surface area (Å²) in [5.74, 6) is 0.604. The molecule has 1 aromatic carbocycles. The fraction of sp³-hybridized carbons (Fsp3) is 0.500. The molecule has 0 amide bonds. The lowest BCUT2D eigenvalue weighted by Gasteiger charge is -2.22. The molecule has 0 aliphatic carbocycles. The number of ether oxygens (including phenoxy) is 2. The Kier molecular flexibility index (Phi) is 6.62. The molecule has 0 unspecified atom stereocenters. The number of methoxy groups -OCH3 is 2. The highest BCUT2D eigenvalue weighted by Crippen LogP contribution is 2.24. The van der Waals surface area contributed by atoms with Gasteiger partial charge in [0.2, 0.25) is 10.0 Å². The van der Waals surface area contributed by atoms with E-state index in [0.717, 1.165) is 0 Å². The second-order valence-electron chi connectivity index (χ2n) is 4.44. The van der Waals surface area contributed by atoms with E-state index in [4.69, 9.17) is 14.7 Å². The van der Waals surface area contributed by atoms with Crippen molar-refractivity contribution in [3.8, 4) is 11.8 Å². The van der Waals surface area contributed by atoms with Gasteiger partial charge in [-0.25, -0.2) is 8.42 Å². The highest BCUT2D eigenvalue weighted by molar-refractivity contribution is 7.89. The average Bonchev–Trinajstić information content (AvgIpc) is 2.46. The maximum absolute atomic E-state index is 12.7. The first-order valence-electron chi connectivity index (χ1n) is 6.48. The molecule has 0 saturated carbocycles. The van der Waals surface area contributed by atoms with Crippen LogP contribution >= 0.6 is 0 Å². The van der Waals surface area contributed by atoms with Crippen LogP contribution in [0.1, 0.15) is 12.0 Å². The maximum Gasteiger partial charge on any atom is 0.243 e. The Morgan fingerprint density at radius 2 is 2.00 bits per heavy atom. The summed E-state index contributed by atoms with van der Waals surface area (Å²) in [7, 11) is -0.618. The molecule has 21 heavy (non-hydrogen) atoms. The van der Waals surface area contributed by atoms with E-state index in [-0.39, 0.29) is 31.0 Å². The van der Waals surface area contributed by atoms with Gasteiger partial charge in [0, 0.05) is 26.6 Å². The fourth-order valence-corrected chi connectivity index (χ4v) is 3.53. The first kappa shape index (κ1) is 17.4. The number of sulfonamides is 1. The largest absolute Gasteiger partial charge is 0.497 e. The Labute approximate surface area is 125 Å². The van der Waals surface area contributed by atoms with Gasteiger partial charge in [0.1, 0.15) is 5.75 Å². The summed E-state index contributed by atoms with van der Waals surface area (Å²) in [5, 5.41) is 8.68. The lowest BCUT2D eigenvalue weighted by atomic mass is 10.2. The molecule has 0 aliphatic heterocycles. The number of nitrogens with zero attached hydrogens (tertiary/aromatic N) is 2. The Balaban J connectivity index is 3.12. The van der Waals surface area contributed by atoms with Crippen LogP contribution in [0.25, 0.3) is 0 Å². The van der Waals surface area contributed by atoms with Crippen LogP contribution in [0.2, 0.25) is 0 Å². The van der Waals surface area contributed by atoms with Gasteiger partial charge in [0.15, 0.2) is 0 Å². The average molecular weight is 312 g/mol. The zero-order valence-corrected chi connectivity index (χ0v) is 13.3. The molecule has 6 nitrogen and oxygen atoms in total. The molecule has 1 aromatic rings. The molecule has 0 spiro atoms. The van der Waals surface area contributed by atoms with E-state index >= 15 is 0 Å². The molecule has 0 heterocycles. The highest BCUT2D eigenvalue weighted by atomic mass is 32.2. The molecule has 0 bridgehead atoms. The van der Waals surface area contributed by atoms with Crippen LogP contribution in [0.15, 0.2) is 23.1 Å². The van der Waals surface area contributed by atoms with Crippen LogP contribution < -0.4 is 4.74 Å². The predicted octanol–water partition coefficient (Wildman–Crippen LogP) is 1.55. The van der Waals surface area contributed by atoms with Gasteiger partial charge in [-0.2, -0.15) is 9.57 Å². The van der Waals surface area contributed by atoms with Crippen LogP contribution in [0.5, 0.6) is 5.75 Å². The predicted molar refractivity (Wildman–Crippen MR) is 78.6 cm³/mol. The van der Waals surface area contributed by atoms with E-state index in [9.17, 15) is 8.42 Å². The van der Waals surface area contributed by atoms with Crippen LogP contribution in [0.3, 0.4) is 0 Å². The third-order valence-corrected chi connectivity index (χ3v) is 5.08. The summed E-state index contributed by atoms with van der Waals surface area (Å²) in [6.45, 7) is 2.35.